The van der Waals surface area contributed by atoms with Crippen LogP contribution in [0.25, 0.3) is 28.0 Å². The Labute approximate surface area is 172 Å². The predicted octanol–water partition coefficient (Wildman–Crippen LogP) is 2.62. The third-order valence-electron chi connectivity index (χ3n) is 5.33. The maximum absolute atomic E-state index is 12.5. The molecule has 0 spiro atoms. The van der Waals surface area contributed by atoms with E-state index in [0.717, 1.165) is 27.5 Å². The summed E-state index contributed by atoms with van der Waals surface area (Å²) in [7, 11) is 3.41. The topological polar surface area (TPSA) is 95.6 Å². The molecule has 0 atom stereocenters. The molecular formula is C23H21N5O2. The largest absolute Gasteiger partial charge is 0.361 e. The molecule has 0 saturated carbocycles. The van der Waals surface area contributed by atoms with E-state index < -0.39 is 5.91 Å². The molecule has 0 fully saturated rings. The van der Waals surface area contributed by atoms with Gasteiger partial charge in [0.2, 0.25) is 0 Å². The van der Waals surface area contributed by atoms with Crippen LogP contribution in [0.1, 0.15) is 11.1 Å². The Morgan fingerprint density at radius 1 is 1.17 bits per heavy atom. The number of aryl methyl sites for hydroxylation is 2. The molecule has 7 nitrogen and oxygen atoms in total. The highest BCUT2D eigenvalue weighted by Crippen LogP contribution is 2.18. The summed E-state index contributed by atoms with van der Waals surface area (Å²) in [6, 6.07) is 15.4. The second-order valence-electron chi connectivity index (χ2n) is 7.18. The van der Waals surface area contributed by atoms with Gasteiger partial charge in [-0.05, 0) is 41.8 Å². The third kappa shape index (κ3) is 3.40. The minimum atomic E-state index is -0.417. The lowest BCUT2D eigenvalue weighted by Crippen LogP contribution is -2.26. The van der Waals surface area contributed by atoms with E-state index in [4.69, 9.17) is 0 Å². The number of rotatable bonds is 5. The number of carbonyl (C=O) groups is 1. The van der Waals surface area contributed by atoms with Crippen LogP contribution in [0.5, 0.6) is 0 Å². The molecule has 0 aliphatic heterocycles. The van der Waals surface area contributed by atoms with Crippen molar-refractivity contribution in [2.45, 2.75) is 6.42 Å². The summed E-state index contributed by atoms with van der Waals surface area (Å²) in [6.07, 6.45) is 4.14. The monoisotopic (exact) mass is 399 g/mol. The average molecular weight is 399 g/mol. The van der Waals surface area contributed by atoms with Crippen molar-refractivity contribution in [3.63, 3.8) is 0 Å². The zero-order valence-corrected chi connectivity index (χ0v) is 16.8. The first-order valence-electron chi connectivity index (χ1n) is 9.60. The summed E-state index contributed by atoms with van der Waals surface area (Å²) < 4.78 is 3.10. The number of imidazole rings is 1. The van der Waals surface area contributed by atoms with Crippen molar-refractivity contribution in [1.29, 1.82) is 5.26 Å². The van der Waals surface area contributed by atoms with E-state index in [1.807, 2.05) is 42.6 Å². The highest BCUT2D eigenvalue weighted by atomic mass is 16.2. The van der Waals surface area contributed by atoms with Crippen LogP contribution < -0.4 is 11.0 Å². The lowest BCUT2D eigenvalue weighted by Gasteiger charge is -2.04. The zero-order chi connectivity index (χ0) is 21.3. The number of aromatic amines is 1. The molecule has 2 aromatic heterocycles. The predicted molar refractivity (Wildman–Crippen MR) is 117 cm³/mol. The van der Waals surface area contributed by atoms with Crippen LogP contribution in [0.15, 0.2) is 59.0 Å². The van der Waals surface area contributed by atoms with Crippen LogP contribution in [0.2, 0.25) is 0 Å². The highest BCUT2D eigenvalue weighted by Gasteiger charge is 2.11. The summed E-state index contributed by atoms with van der Waals surface area (Å²) >= 11 is 0. The fraction of sp³-hybridized carbons (Fsp3) is 0.174. The Balaban J connectivity index is 1.49. The number of nitrogens with one attached hydrogen (secondary N) is 2. The van der Waals surface area contributed by atoms with Gasteiger partial charge in [0.05, 0.1) is 11.0 Å². The van der Waals surface area contributed by atoms with Crippen LogP contribution in [0.4, 0.5) is 0 Å². The van der Waals surface area contributed by atoms with Crippen LogP contribution >= 0.6 is 0 Å². The molecule has 0 radical (unpaired) electrons. The molecule has 7 heteroatoms. The van der Waals surface area contributed by atoms with Gasteiger partial charge in [-0.1, -0.05) is 24.3 Å². The van der Waals surface area contributed by atoms with Gasteiger partial charge in [-0.25, -0.2) is 4.79 Å². The fourth-order valence-electron chi connectivity index (χ4n) is 3.67. The maximum atomic E-state index is 12.5. The number of benzene rings is 2. The SMILES string of the molecule is Cn1c(=O)n(C)c2cc(/C=C(\C#N)C(=O)NCCc3c[nH]c4ccccc34)ccc21. The van der Waals surface area contributed by atoms with Crippen LogP contribution in [-0.2, 0) is 25.3 Å². The number of nitrogens with zero attached hydrogens (tertiary/aromatic N) is 3. The summed E-state index contributed by atoms with van der Waals surface area (Å²) in [4.78, 5) is 27.8. The Morgan fingerprint density at radius 2 is 1.93 bits per heavy atom. The molecule has 4 rings (SSSR count). The van der Waals surface area contributed by atoms with Crippen molar-refractivity contribution in [3.8, 4) is 6.07 Å². The molecule has 150 valence electrons. The minimum Gasteiger partial charge on any atom is -0.361 e. The standard InChI is InChI=1S/C23H21N5O2/c1-27-20-8-7-15(12-21(20)28(2)23(27)30)11-17(13-24)22(29)25-10-9-16-14-26-19-6-4-3-5-18(16)19/h3-8,11-12,14,26H,9-10H2,1-2H3,(H,25,29)/b17-11+. The summed E-state index contributed by atoms with van der Waals surface area (Å²) in [5.74, 6) is -0.417. The number of carbonyl (C=O) groups excluding carboxylic acids is 1. The van der Waals surface area contributed by atoms with E-state index in [0.29, 0.717) is 18.5 Å². The first-order chi connectivity index (χ1) is 14.5. The van der Waals surface area contributed by atoms with Crippen molar-refractivity contribution in [1.82, 2.24) is 19.4 Å². The average Bonchev–Trinajstić information content (AvgIpc) is 3.27. The van der Waals surface area contributed by atoms with E-state index in [9.17, 15) is 14.9 Å². The molecule has 30 heavy (non-hydrogen) atoms. The van der Waals surface area contributed by atoms with Gasteiger partial charge < -0.3 is 10.3 Å². The van der Waals surface area contributed by atoms with Crippen molar-refractivity contribution in [2.24, 2.45) is 14.1 Å². The van der Waals surface area contributed by atoms with Crippen LogP contribution in [0, 0.1) is 11.3 Å². The van der Waals surface area contributed by atoms with E-state index in [2.05, 4.69) is 10.3 Å². The Morgan fingerprint density at radius 3 is 2.73 bits per heavy atom. The molecular weight excluding hydrogens is 378 g/mol. The molecule has 2 heterocycles. The number of fused-ring (bicyclic) bond motifs is 2. The molecule has 1 amide bonds. The number of para-hydroxylation sites is 1. The van der Waals surface area contributed by atoms with E-state index in [1.165, 1.54) is 6.08 Å². The molecule has 4 aromatic rings. The summed E-state index contributed by atoms with van der Waals surface area (Å²) in [5, 5.41) is 13.4. The first kappa shape index (κ1) is 19.3. The fourth-order valence-corrected chi connectivity index (χ4v) is 3.67. The van der Waals surface area contributed by atoms with E-state index in [1.54, 1.807) is 35.4 Å². The number of nitriles is 1. The van der Waals surface area contributed by atoms with Gasteiger partial charge in [-0.3, -0.25) is 13.9 Å². The van der Waals surface area contributed by atoms with Crippen molar-refractivity contribution in [2.75, 3.05) is 6.54 Å². The van der Waals surface area contributed by atoms with Gasteiger partial charge in [0.1, 0.15) is 11.6 Å². The molecule has 0 bridgehead atoms. The molecule has 2 N–H and O–H groups in total. The molecule has 0 unspecified atom stereocenters. The van der Waals surface area contributed by atoms with E-state index in [-0.39, 0.29) is 11.3 Å². The maximum Gasteiger partial charge on any atom is 0.328 e. The summed E-state index contributed by atoms with van der Waals surface area (Å²) in [5.41, 5.74) is 4.29. The van der Waals surface area contributed by atoms with Gasteiger partial charge in [0.25, 0.3) is 5.91 Å². The second-order valence-corrected chi connectivity index (χ2v) is 7.18. The molecule has 2 aromatic carbocycles. The van der Waals surface area contributed by atoms with Gasteiger partial charge in [0, 0.05) is 37.7 Å². The normalized spacial score (nSPS) is 11.7. The number of hydrogen-bond donors (Lipinski definition) is 2. The van der Waals surface area contributed by atoms with Crippen molar-refractivity contribution in [3.05, 3.63) is 75.8 Å². The second kappa shape index (κ2) is 7.76. The quantitative estimate of drug-likeness (QED) is 0.399. The molecule has 0 aliphatic rings. The van der Waals surface area contributed by atoms with Gasteiger partial charge in [-0.15, -0.1) is 0 Å². The zero-order valence-electron chi connectivity index (χ0n) is 16.8. The Bertz CT molecular complexity index is 1390. The Kier molecular flexibility index (Phi) is 4.98. The highest BCUT2D eigenvalue weighted by molar-refractivity contribution is 6.02. The third-order valence-corrected chi connectivity index (χ3v) is 5.33. The number of hydrogen-bond acceptors (Lipinski definition) is 3. The minimum absolute atomic E-state index is 0.0224. The summed E-state index contributed by atoms with van der Waals surface area (Å²) in [6.45, 7) is 0.423. The van der Waals surface area contributed by atoms with Crippen molar-refractivity contribution < 1.29 is 4.79 Å². The number of H-pyrrole nitrogens is 1. The van der Waals surface area contributed by atoms with Gasteiger partial charge in [0.15, 0.2) is 0 Å². The van der Waals surface area contributed by atoms with Crippen molar-refractivity contribution >= 4 is 33.9 Å². The lowest BCUT2D eigenvalue weighted by atomic mass is 10.1. The first-order valence-corrected chi connectivity index (χ1v) is 9.60. The number of amides is 1. The van der Waals surface area contributed by atoms with E-state index >= 15 is 0 Å². The Hall–Kier alpha value is -4.05. The van der Waals surface area contributed by atoms with Gasteiger partial charge in [-0.2, -0.15) is 5.26 Å². The molecule has 0 aliphatic carbocycles. The van der Waals surface area contributed by atoms with Crippen LogP contribution in [0.3, 0.4) is 0 Å². The smallest absolute Gasteiger partial charge is 0.328 e. The van der Waals surface area contributed by atoms with Gasteiger partial charge >= 0.3 is 5.69 Å². The lowest BCUT2D eigenvalue weighted by molar-refractivity contribution is -0.117. The number of aromatic nitrogens is 3. The van der Waals surface area contributed by atoms with Crippen LogP contribution in [-0.4, -0.2) is 26.6 Å². The molecule has 0 saturated heterocycles.